The molecule has 0 bridgehead atoms. The van der Waals surface area contributed by atoms with E-state index in [0.717, 1.165) is 5.82 Å². The molecule has 0 atom stereocenters. The van der Waals surface area contributed by atoms with Crippen LogP contribution in [0.15, 0.2) is 30.7 Å². The molecule has 96 valence electrons. The van der Waals surface area contributed by atoms with Gasteiger partial charge in [0.25, 0.3) is 0 Å². The molecule has 3 aromatic heterocycles. The summed E-state index contributed by atoms with van der Waals surface area (Å²) >= 11 is 0. The smallest absolute Gasteiger partial charge is 0.356 e. The first-order valence-corrected chi connectivity index (χ1v) is 5.53. The molecule has 0 amide bonds. The average molecular weight is 258 g/mol. The monoisotopic (exact) mass is 258 g/mol. The van der Waals surface area contributed by atoms with Crippen molar-refractivity contribution in [1.82, 2.24) is 24.6 Å². The normalized spacial score (nSPS) is 10.7. The number of carboxylic acids is 1. The number of rotatable bonds is 4. The number of hydrogen-bond donors (Lipinski definition) is 3. The van der Waals surface area contributed by atoms with Crippen molar-refractivity contribution < 1.29 is 9.90 Å². The molecule has 3 N–H and O–H groups in total. The van der Waals surface area contributed by atoms with Gasteiger partial charge in [0.05, 0.1) is 12.2 Å². The van der Waals surface area contributed by atoms with E-state index in [4.69, 9.17) is 5.11 Å². The van der Waals surface area contributed by atoms with Gasteiger partial charge in [-0.3, -0.25) is 9.50 Å². The van der Waals surface area contributed by atoms with Gasteiger partial charge in [0.1, 0.15) is 5.82 Å². The van der Waals surface area contributed by atoms with Gasteiger partial charge in [0, 0.05) is 18.6 Å². The Morgan fingerprint density at radius 2 is 2.26 bits per heavy atom. The van der Waals surface area contributed by atoms with Gasteiger partial charge in [-0.2, -0.15) is 5.10 Å². The molecule has 0 radical (unpaired) electrons. The number of nitrogens with one attached hydrogen (secondary N) is 2. The number of H-pyrrole nitrogens is 1. The van der Waals surface area contributed by atoms with Gasteiger partial charge in [-0.05, 0) is 12.1 Å². The van der Waals surface area contributed by atoms with Gasteiger partial charge in [-0.25, -0.2) is 14.8 Å². The first-order valence-electron chi connectivity index (χ1n) is 5.53. The summed E-state index contributed by atoms with van der Waals surface area (Å²) in [6.45, 7) is 0.428. The third-order valence-corrected chi connectivity index (χ3v) is 2.61. The maximum atomic E-state index is 10.7. The van der Waals surface area contributed by atoms with Crippen LogP contribution >= 0.6 is 0 Å². The van der Waals surface area contributed by atoms with E-state index in [1.807, 2.05) is 6.07 Å². The molecular weight excluding hydrogens is 248 g/mol. The second-order valence-corrected chi connectivity index (χ2v) is 3.86. The molecule has 3 heterocycles. The van der Waals surface area contributed by atoms with Crippen LogP contribution in [-0.4, -0.2) is 35.6 Å². The van der Waals surface area contributed by atoms with Gasteiger partial charge in [0.2, 0.25) is 5.78 Å². The zero-order valence-electron chi connectivity index (χ0n) is 9.74. The van der Waals surface area contributed by atoms with Crippen molar-refractivity contribution in [2.75, 3.05) is 5.32 Å². The zero-order valence-corrected chi connectivity index (χ0v) is 9.74. The van der Waals surface area contributed by atoms with E-state index in [1.165, 1.54) is 6.07 Å². The standard InChI is InChI=1S/C11H10N6O2/c18-10(19)8-5-7(15-16-8)6-14-9-1-2-12-11-13-3-4-17(9)11/h1-5,14H,6H2,(H,15,16)(H,18,19). The van der Waals surface area contributed by atoms with Crippen molar-refractivity contribution >= 4 is 17.6 Å². The Morgan fingerprint density at radius 1 is 1.42 bits per heavy atom. The molecule has 3 aromatic rings. The topological polar surface area (TPSA) is 108 Å². The number of carbonyl (C=O) groups is 1. The Balaban J connectivity index is 1.78. The lowest BCUT2D eigenvalue weighted by molar-refractivity contribution is 0.0690. The molecule has 0 saturated heterocycles. The lowest BCUT2D eigenvalue weighted by Crippen LogP contribution is -2.04. The fraction of sp³-hybridized carbons (Fsp3) is 0.0909. The number of hydrogen-bond acceptors (Lipinski definition) is 5. The molecule has 0 fully saturated rings. The SMILES string of the molecule is O=C(O)c1cc(CNc2ccnc3nccn23)[nH]n1. The van der Waals surface area contributed by atoms with Crippen molar-refractivity contribution in [3.05, 3.63) is 42.1 Å². The fourth-order valence-electron chi connectivity index (χ4n) is 1.73. The van der Waals surface area contributed by atoms with E-state index in [1.54, 1.807) is 23.0 Å². The summed E-state index contributed by atoms with van der Waals surface area (Å²) in [5, 5.41) is 18.3. The van der Waals surface area contributed by atoms with Crippen molar-refractivity contribution in [2.24, 2.45) is 0 Å². The van der Waals surface area contributed by atoms with E-state index >= 15 is 0 Å². The summed E-state index contributed by atoms with van der Waals surface area (Å²) in [7, 11) is 0. The number of aromatic carboxylic acids is 1. The second-order valence-electron chi connectivity index (χ2n) is 3.86. The van der Waals surface area contributed by atoms with Crippen LogP contribution in [0.2, 0.25) is 0 Å². The highest BCUT2D eigenvalue weighted by atomic mass is 16.4. The molecule has 19 heavy (non-hydrogen) atoms. The predicted octanol–water partition coefficient (Wildman–Crippen LogP) is 0.763. The highest BCUT2D eigenvalue weighted by Gasteiger charge is 2.08. The number of nitrogens with zero attached hydrogens (tertiary/aromatic N) is 4. The maximum absolute atomic E-state index is 10.7. The Hall–Kier alpha value is -2.90. The summed E-state index contributed by atoms with van der Waals surface area (Å²) in [5.74, 6) is 0.359. The van der Waals surface area contributed by atoms with Crippen molar-refractivity contribution in [1.29, 1.82) is 0 Å². The maximum Gasteiger partial charge on any atom is 0.356 e. The fourth-order valence-corrected chi connectivity index (χ4v) is 1.73. The van der Waals surface area contributed by atoms with Gasteiger partial charge in [-0.1, -0.05) is 0 Å². The highest BCUT2D eigenvalue weighted by Crippen LogP contribution is 2.10. The summed E-state index contributed by atoms with van der Waals surface area (Å²) in [5.41, 5.74) is 0.682. The van der Waals surface area contributed by atoms with E-state index in [-0.39, 0.29) is 5.69 Å². The van der Waals surface area contributed by atoms with Gasteiger partial charge in [-0.15, -0.1) is 0 Å². The van der Waals surface area contributed by atoms with Crippen LogP contribution in [0.5, 0.6) is 0 Å². The van der Waals surface area contributed by atoms with E-state index in [2.05, 4.69) is 25.5 Å². The average Bonchev–Trinajstić information content (AvgIpc) is 3.05. The van der Waals surface area contributed by atoms with Crippen LogP contribution in [0.4, 0.5) is 5.82 Å². The molecule has 0 aliphatic heterocycles. The van der Waals surface area contributed by atoms with Crippen LogP contribution in [0.1, 0.15) is 16.2 Å². The zero-order chi connectivity index (χ0) is 13.2. The molecule has 3 rings (SSSR count). The number of aromatic nitrogens is 5. The molecule has 0 aromatic carbocycles. The van der Waals surface area contributed by atoms with E-state index in [0.29, 0.717) is 18.0 Å². The Kier molecular flexibility index (Phi) is 2.60. The van der Waals surface area contributed by atoms with Crippen LogP contribution in [0, 0.1) is 0 Å². The number of carboxylic acid groups (broad SMARTS) is 1. The van der Waals surface area contributed by atoms with Crippen LogP contribution in [-0.2, 0) is 6.54 Å². The summed E-state index contributed by atoms with van der Waals surface area (Å²) in [6, 6.07) is 3.30. The summed E-state index contributed by atoms with van der Waals surface area (Å²) < 4.78 is 1.80. The molecule has 0 spiro atoms. The first kappa shape index (κ1) is 11.2. The Labute approximate surface area is 107 Å². The minimum atomic E-state index is -1.05. The summed E-state index contributed by atoms with van der Waals surface area (Å²) in [4.78, 5) is 18.9. The van der Waals surface area contributed by atoms with Crippen LogP contribution < -0.4 is 5.32 Å². The van der Waals surface area contributed by atoms with Crippen molar-refractivity contribution in [2.45, 2.75) is 6.54 Å². The third kappa shape index (κ3) is 2.10. The Morgan fingerprint density at radius 3 is 3.05 bits per heavy atom. The molecule has 0 unspecified atom stereocenters. The number of aromatic amines is 1. The predicted molar refractivity (Wildman–Crippen MR) is 65.9 cm³/mol. The number of anilines is 1. The highest BCUT2D eigenvalue weighted by molar-refractivity contribution is 5.85. The molecular formula is C11H10N6O2. The molecule has 0 aliphatic rings. The molecule has 8 heteroatoms. The van der Waals surface area contributed by atoms with E-state index < -0.39 is 5.97 Å². The minimum Gasteiger partial charge on any atom is -0.476 e. The molecule has 0 saturated carbocycles. The van der Waals surface area contributed by atoms with Crippen LogP contribution in [0.25, 0.3) is 5.78 Å². The van der Waals surface area contributed by atoms with Crippen molar-refractivity contribution in [3.8, 4) is 0 Å². The third-order valence-electron chi connectivity index (χ3n) is 2.61. The minimum absolute atomic E-state index is 0.000642. The van der Waals surface area contributed by atoms with Gasteiger partial charge < -0.3 is 10.4 Å². The lowest BCUT2D eigenvalue weighted by atomic mass is 10.3. The first-order chi connectivity index (χ1) is 9.24. The van der Waals surface area contributed by atoms with Crippen molar-refractivity contribution in [3.63, 3.8) is 0 Å². The van der Waals surface area contributed by atoms with Gasteiger partial charge in [0.15, 0.2) is 5.69 Å². The van der Waals surface area contributed by atoms with E-state index in [9.17, 15) is 4.79 Å². The second kappa shape index (κ2) is 4.41. The number of imidazole rings is 1. The van der Waals surface area contributed by atoms with Gasteiger partial charge >= 0.3 is 5.97 Å². The molecule has 8 nitrogen and oxygen atoms in total. The quantitative estimate of drug-likeness (QED) is 0.637. The lowest BCUT2D eigenvalue weighted by Gasteiger charge is -2.06. The molecule has 0 aliphatic carbocycles. The van der Waals surface area contributed by atoms with Crippen LogP contribution in [0.3, 0.4) is 0 Å². The Bertz CT molecular complexity index is 731. The summed E-state index contributed by atoms with van der Waals surface area (Å²) in [6.07, 6.45) is 5.10. The number of fused-ring (bicyclic) bond motifs is 1. The largest absolute Gasteiger partial charge is 0.476 e.